The summed E-state index contributed by atoms with van der Waals surface area (Å²) >= 11 is 0. The molecular formula is C24H24O4. The summed E-state index contributed by atoms with van der Waals surface area (Å²) in [6.07, 6.45) is 1.09. The molecule has 1 atom stereocenters. The SMILES string of the molecule is CC(=O)OC1C2=C(CCCC2=O)OC1(c1ccc(C)cc1)c1ccc(C)cc1. The van der Waals surface area contributed by atoms with Crippen LogP contribution in [0.1, 0.15) is 48.4 Å². The van der Waals surface area contributed by atoms with Crippen molar-refractivity contribution in [2.45, 2.75) is 51.7 Å². The Labute approximate surface area is 165 Å². The van der Waals surface area contributed by atoms with Gasteiger partial charge in [0.2, 0.25) is 0 Å². The van der Waals surface area contributed by atoms with Gasteiger partial charge in [-0.1, -0.05) is 59.7 Å². The number of ketones is 1. The highest BCUT2D eigenvalue weighted by Crippen LogP contribution is 2.51. The lowest BCUT2D eigenvalue weighted by Crippen LogP contribution is -2.43. The largest absolute Gasteiger partial charge is 0.477 e. The molecule has 0 spiro atoms. The Bertz CT molecular complexity index is 906. The number of benzene rings is 2. The van der Waals surface area contributed by atoms with E-state index >= 15 is 0 Å². The number of esters is 1. The fraction of sp³-hybridized carbons (Fsp3) is 0.333. The second-order valence-electron chi connectivity index (χ2n) is 7.67. The first kappa shape index (κ1) is 18.5. The average molecular weight is 376 g/mol. The lowest BCUT2D eigenvalue weighted by Gasteiger charge is -2.36. The van der Waals surface area contributed by atoms with Crippen LogP contribution in [0.4, 0.5) is 0 Å². The third-order valence-corrected chi connectivity index (χ3v) is 5.57. The number of hydrogen-bond donors (Lipinski definition) is 0. The van der Waals surface area contributed by atoms with Crippen LogP contribution in [-0.2, 0) is 24.7 Å². The van der Waals surface area contributed by atoms with Crippen molar-refractivity contribution in [1.82, 2.24) is 0 Å². The number of rotatable bonds is 3. The van der Waals surface area contributed by atoms with E-state index in [9.17, 15) is 9.59 Å². The van der Waals surface area contributed by atoms with Gasteiger partial charge in [-0.15, -0.1) is 0 Å². The van der Waals surface area contributed by atoms with Crippen LogP contribution in [0.5, 0.6) is 0 Å². The second kappa shape index (κ2) is 6.93. The Hall–Kier alpha value is -2.88. The van der Waals surface area contributed by atoms with Gasteiger partial charge in [0.1, 0.15) is 5.76 Å². The van der Waals surface area contributed by atoms with Gasteiger partial charge in [0.25, 0.3) is 0 Å². The minimum Gasteiger partial charge on any atom is -0.477 e. The summed E-state index contributed by atoms with van der Waals surface area (Å²) in [4.78, 5) is 24.8. The lowest BCUT2D eigenvalue weighted by molar-refractivity contribution is -0.153. The van der Waals surface area contributed by atoms with E-state index in [1.165, 1.54) is 6.92 Å². The molecule has 4 heteroatoms. The monoisotopic (exact) mass is 376 g/mol. The van der Waals surface area contributed by atoms with Crippen LogP contribution < -0.4 is 0 Å². The predicted octanol–water partition coefficient (Wildman–Crippen LogP) is 4.52. The van der Waals surface area contributed by atoms with Gasteiger partial charge < -0.3 is 9.47 Å². The van der Waals surface area contributed by atoms with Crippen LogP contribution in [0.2, 0.25) is 0 Å². The zero-order valence-electron chi connectivity index (χ0n) is 16.5. The maximum absolute atomic E-state index is 12.8. The van der Waals surface area contributed by atoms with E-state index in [0.717, 1.165) is 28.7 Å². The fourth-order valence-corrected chi connectivity index (χ4v) is 4.18. The van der Waals surface area contributed by atoms with Crippen LogP contribution in [0.25, 0.3) is 0 Å². The minimum absolute atomic E-state index is 0.00796. The lowest BCUT2D eigenvalue weighted by atomic mass is 9.77. The Morgan fingerprint density at radius 1 is 0.964 bits per heavy atom. The third-order valence-electron chi connectivity index (χ3n) is 5.57. The number of hydrogen-bond acceptors (Lipinski definition) is 4. The predicted molar refractivity (Wildman–Crippen MR) is 106 cm³/mol. The van der Waals surface area contributed by atoms with Gasteiger partial charge in [0.05, 0.1) is 5.57 Å². The molecule has 0 aromatic heterocycles. The molecule has 28 heavy (non-hydrogen) atoms. The summed E-state index contributed by atoms with van der Waals surface area (Å²) in [6, 6.07) is 16.0. The molecule has 1 aliphatic carbocycles. The van der Waals surface area contributed by atoms with Crippen molar-refractivity contribution in [3.63, 3.8) is 0 Å². The van der Waals surface area contributed by atoms with E-state index in [2.05, 4.69) is 0 Å². The van der Waals surface area contributed by atoms with Gasteiger partial charge in [0, 0.05) is 30.9 Å². The van der Waals surface area contributed by atoms with Crippen LogP contribution >= 0.6 is 0 Å². The minimum atomic E-state index is -1.06. The van der Waals surface area contributed by atoms with Gasteiger partial charge in [-0.25, -0.2) is 0 Å². The van der Waals surface area contributed by atoms with E-state index in [1.807, 2.05) is 62.4 Å². The molecule has 1 aliphatic heterocycles. The molecule has 0 saturated heterocycles. The molecule has 4 rings (SSSR count). The topological polar surface area (TPSA) is 52.6 Å². The van der Waals surface area contributed by atoms with E-state index in [-0.39, 0.29) is 5.78 Å². The van der Waals surface area contributed by atoms with Crippen LogP contribution in [0.15, 0.2) is 59.9 Å². The highest BCUT2D eigenvalue weighted by atomic mass is 16.6. The molecule has 0 saturated carbocycles. The van der Waals surface area contributed by atoms with E-state index in [4.69, 9.17) is 9.47 Å². The van der Waals surface area contributed by atoms with Crippen molar-refractivity contribution < 1.29 is 19.1 Å². The molecule has 1 heterocycles. The average Bonchev–Trinajstić information content (AvgIpc) is 2.99. The van der Waals surface area contributed by atoms with E-state index in [1.54, 1.807) is 0 Å². The maximum Gasteiger partial charge on any atom is 0.303 e. The molecule has 0 bridgehead atoms. The molecule has 0 fully saturated rings. The summed E-state index contributed by atoms with van der Waals surface area (Å²) in [7, 11) is 0. The summed E-state index contributed by atoms with van der Waals surface area (Å²) in [6.45, 7) is 5.42. The molecule has 2 aliphatic rings. The van der Waals surface area contributed by atoms with Crippen molar-refractivity contribution >= 4 is 11.8 Å². The van der Waals surface area contributed by atoms with Crippen LogP contribution in [-0.4, -0.2) is 17.9 Å². The zero-order valence-corrected chi connectivity index (χ0v) is 16.5. The second-order valence-corrected chi connectivity index (χ2v) is 7.67. The molecule has 0 amide bonds. The quantitative estimate of drug-likeness (QED) is 0.739. The Balaban J connectivity index is 1.96. The fourth-order valence-electron chi connectivity index (χ4n) is 4.18. The molecule has 0 N–H and O–H groups in total. The van der Waals surface area contributed by atoms with Gasteiger partial charge in [-0.05, 0) is 20.3 Å². The smallest absolute Gasteiger partial charge is 0.303 e. The van der Waals surface area contributed by atoms with Gasteiger partial charge in [-0.2, -0.15) is 0 Å². The Morgan fingerprint density at radius 3 is 2.00 bits per heavy atom. The van der Waals surface area contributed by atoms with Crippen LogP contribution in [0, 0.1) is 13.8 Å². The molecule has 144 valence electrons. The number of aryl methyl sites for hydroxylation is 2. The summed E-state index contributed by atoms with van der Waals surface area (Å²) in [5.41, 5.74) is 3.45. The molecular weight excluding hydrogens is 352 g/mol. The molecule has 4 nitrogen and oxygen atoms in total. The molecule has 0 radical (unpaired) electrons. The standard InChI is InChI=1S/C24H24O4/c1-15-7-11-18(12-8-15)24(19-13-9-16(2)10-14-19)23(27-17(3)25)22-20(26)5-4-6-21(22)28-24/h7-14,23H,4-6H2,1-3H3. The zero-order chi connectivity index (χ0) is 19.9. The highest BCUT2D eigenvalue weighted by molar-refractivity contribution is 5.99. The molecule has 2 aromatic carbocycles. The number of carbonyl (C=O) groups excluding carboxylic acids is 2. The Morgan fingerprint density at radius 2 is 1.50 bits per heavy atom. The van der Waals surface area contributed by atoms with Crippen molar-refractivity contribution in [3.8, 4) is 0 Å². The number of Topliss-reactive ketones (excluding diaryl/α,β-unsaturated/α-hetero) is 1. The number of ether oxygens (including phenoxy) is 2. The van der Waals surface area contributed by atoms with Crippen LogP contribution in [0.3, 0.4) is 0 Å². The first-order valence-corrected chi connectivity index (χ1v) is 9.68. The van der Waals surface area contributed by atoms with Crippen molar-refractivity contribution in [1.29, 1.82) is 0 Å². The first-order chi connectivity index (χ1) is 13.4. The first-order valence-electron chi connectivity index (χ1n) is 9.68. The van der Waals surface area contributed by atoms with Crippen molar-refractivity contribution in [2.24, 2.45) is 0 Å². The number of allylic oxidation sites excluding steroid dienone is 1. The third kappa shape index (κ3) is 2.93. The highest BCUT2D eigenvalue weighted by Gasteiger charge is 2.56. The summed E-state index contributed by atoms with van der Waals surface area (Å²) in [5.74, 6) is 0.238. The van der Waals surface area contributed by atoms with Gasteiger partial charge in [-0.3, -0.25) is 9.59 Å². The Kier molecular flexibility index (Phi) is 4.58. The van der Waals surface area contributed by atoms with Gasteiger partial charge >= 0.3 is 5.97 Å². The molecule has 2 aromatic rings. The maximum atomic E-state index is 12.8. The summed E-state index contributed by atoms with van der Waals surface area (Å²) < 4.78 is 12.4. The van der Waals surface area contributed by atoms with E-state index < -0.39 is 17.7 Å². The van der Waals surface area contributed by atoms with E-state index in [0.29, 0.717) is 24.2 Å². The van der Waals surface area contributed by atoms with Crippen molar-refractivity contribution in [3.05, 3.63) is 82.1 Å². The normalized spacial score (nSPS) is 20.5. The van der Waals surface area contributed by atoms with Crippen molar-refractivity contribution in [2.75, 3.05) is 0 Å². The summed E-state index contributed by atoms with van der Waals surface area (Å²) in [5, 5.41) is 0. The van der Waals surface area contributed by atoms with Gasteiger partial charge in [0.15, 0.2) is 17.5 Å². The molecule has 1 unspecified atom stereocenters. The number of carbonyl (C=O) groups is 2.